The molecule has 3 nitrogen and oxygen atoms in total. The first-order valence-corrected chi connectivity index (χ1v) is 7.09. The van der Waals surface area contributed by atoms with E-state index in [9.17, 15) is 8.78 Å². The van der Waals surface area contributed by atoms with Gasteiger partial charge in [0, 0.05) is 36.9 Å². The van der Waals surface area contributed by atoms with Crippen molar-refractivity contribution >= 4 is 16.5 Å². The Hall–Kier alpha value is -0.750. The number of aryl methyl sites for hydroxylation is 1. The lowest BCUT2D eigenvalue weighted by Crippen LogP contribution is -2.41. The molecule has 6 heteroatoms. The summed E-state index contributed by atoms with van der Waals surface area (Å²) in [5, 5.41) is 0.559. The average molecular weight is 275 g/mol. The van der Waals surface area contributed by atoms with E-state index >= 15 is 0 Å². The van der Waals surface area contributed by atoms with E-state index in [1.165, 1.54) is 11.3 Å². The highest BCUT2D eigenvalue weighted by atomic mass is 32.1. The molecule has 2 heterocycles. The SMILES string of the molecule is CCC(c1sc(N)nc1C)N1CCC(F)(F)CC1. The predicted molar refractivity (Wildman–Crippen MR) is 70.0 cm³/mol. The summed E-state index contributed by atoms with van der Waals surface area (Å²) in [5.41, 5.74) is 6.65. The quantitative estimate of drug-likeness (QED) is 0.921. The minimum absolute atomic E-state index is 0.0448. The summed E-state index contributed by atoms with van der Waals surface area (Å²) in [6.07, 6.45) is 0.807. The molecule has 1 aliphatic heterocycles. The van der Waals surface area contributed by atoms with Crippen molar-refractivity contribution in [2.45, 2.75) is 45.1 Å². The number of piperidine rings is 1. The highest BCUT2D eigenvalue weighted by molar-refractivity contribution is 7.15. The number of alkyl halides is 2. The van der Waals surface area contributed by atoms with Crippen molar-refractivity contribution in [3.8, 4) is 0 Å². The minimum Gasteiger partial charge on any atom is -0.375 e. The van der Waals surface area contributed by atoms with E-state index in [0.717, 1.165) is 17.0 Å². The molecule has 1 fully saturated rings. The molecule has 0 spiro atoms. The highest BCUT2D eigenvalue weighted by Crippen LogP contribution is 2.37. The molecule has 0 amide bonds. The molecule has 1 aliphatic rings. The lowest BCUT2D eigenvalue weighted by molar-refractivity contribution is -0.0635. The number of nitrogens with zero attached hydrogens (tertiary/aromatic N) is 2. The molecule has 1 aromatic rings. The third-order valence-corrected chi connectivity index (χ3v) is 4.60. The van der Waals surface area contributed by atoms with Crippen molar-refractivity contribution in [1.82, 2.24) is 9.88 Å². The first-order valence-electron chi connectivity index (χ1n) is 6.27. The first-order chi connectivity index (χ1) is 8.43. The topological polar surface area (TPSA) is 42.1 Å². The number of hydrogen-bond acceptors (Lipinski definition) is 4. The first kappa shape index (κ1) is 13.7. The van der Waals surface area contributed by atoms with Gasteiger partial charge in [-0.15, -0.1) is 11.3 Å². The number of nitrogens with two attached hydrogens (primary N) is 1. The molecule has 0 radical (unpaired) electrons. The fourth-order valence-electron chi connectivity index (χ4n) is 2.51. The van der Waals surface area contributed by atoms with Crippen LogP contribution in [0, 0.1) is 6.92 Å². The Morgan fingerprint density at radius 3 is 2.50 bits per heavy atom. The third-order valence-electron chi connectivity index (χ3n) is 3.51. The molecular formula is C12H19F2N3S. The average Bonchev–Trinajstić information content (AvgIpc) is 2.61. The van der Waals surface area contributed by atoms with E-state index in [4.69, 9.17) is 5.73 Å². The molecule has 2 rings (SSSR count). The number of halogens is 2. The molecule has 0 aromatic carbocycles. The number of rotatable bonds is 3. The number of likely N-dealkylation sites (tertiary alicyclic amines) is 1. The highest BCUT2D eigenvalue weighted by Gasteiger charge is 2.36. The summed E-state index contributed by atoms with van der Waals surface area (Å²) >= 11 is 1.48. The van der Waals surface area contributed by atoms with Gasteiger partial charge >= 0.3 is 0 Å². The molecule has 1 unspecified atom stereocenters. The van der Waals surface area contributed by atoms with Crippen molar-refractivity contribution in [2.24, 2.45) is 0 Å². The largest absolute Gasteiger partial charge is 0.375 e. The van der Waals surface area contributed by atoms with Crippen LogP contribution in [-0.4, -0.2) is 28.9 Å². The second kappa shape index (κ2) is 5.09. The van der Waals surface area contributed by atoms with Crippen molar-refractivity contribution in [2.75, 3.05) is 18.8 Å². The fourth-order valence-corrected chi connectivity index (χ4v) is 3.56. The van der Waals surface area contributed by atoms with Crippen LogP contribution in [0.25, 0.3) is 0 Å². The van der Waals surface area contributed by atoms with Crippen molar-refractivity contribution in [3.63, 3.8) is 0 Å². The van der Waals surface area contributed by atoms with Crippen LogP contribution in [0.4, 0.5) is 13.9 Å². The van der Waals surface area contributed by atoms with E-state index in [0.29, 0.717) is 18.2 Å². The van der Waals surface area contributed by atoms with Crippen molar-refractivity contribution < 1.29 is 8.78 Å². The van der Waals surface area contributed by atoms with Gasteiger partial charge in [0.15, 0.2) is 5.13 Å². The lowest BCUT2D eigenvalue weighted by Gasteiger charge is -2.36. The van der Waals surface area contributed by atoms with E-state index in [1.807, 2.05) is 6.92 Å². The van der Waals surface area contributed by atoms with Crippen LogP contribution in [0.15, 0.2) is 0 Å². The standard InChI is InChI=1S/C12H19F2N3S/c1-3-9(10-8(2)16-11(15)18-10)17-6-4-12(13,14)5-7-17/h9H,3-7H2,1-2H3,(H2,15,16). The zero-order valence-electron chi connectivity index (χ0n) is 10.7. The summed E-state index contributed by atoms with van der Waals surface area (Å²) in [6.45, 7) is 4.90. The monoisotopic (exact) mass is 275 g/mol. The normalized spacial score (nSPS) is 22.0. The maximum atomic E-state index is 13.2. The predicted octanol–water partition coefficient (Wildman–Crippen LogP) is 3.22. The molecule has 1 saturated heterocycles. The summed E-state index contributed by atoms with van der Waals surface area (Å²) in [6, 6.07) is 0.177. The zero-order valence-corrected chi connectivity index (χ0v) is 11.6. The Labute approximate surface area is 110 Å². The Morgan fingerprint density at radius 2 is 2.06 bits per heavy atom. The van der Waals surface area contributed by atoms with Crippen LogP contribution in [0.5, 0.6) is 0 Å². The number of hydrogen-bond donors (Lipinski definition) is 1. The maximum Gasteiger partial charge on any atom is 0.250 e. The van der Waals surface area contributed by atoms with Gasteiger partial charge in [-0.1, -0.05) is 6.92 Å². The second-order valence-corrected chi connectivity index (χ2v) is 5.88. The van der Waals surface area contributed by atoms with Gasteiger partial charge in [0.1, 0.15) is 0 Å². The number of nitrogen functional groups attached to an aromatic ring is 1. The Kier molecular flexibility index (Phi) is 3.87. The summed E-state index contributed by atoms with van der Waals surface area (Å²) in [7, 11) is 0. The van der Waals surface area contributed by atoms with Crippen LogP contribution in [0.2, 0.25) is 0 Å². The molecule has 0 aliphatic carbocycles. The van der Waals surface area contributed by atoms with Gasteiger partial charge in [0.25, 0.3) is 5.92 Å². The van der Waals surface area contributed by atoms with Crippen LogP contribution < -0.4 is 5.73 Å². The molecule has 0 saturated carbocycles. The number of aromatic nitrogens is 1. The number of thiazole rings is 1. The minimum atomic E-state index is -2.49. The van der Waals surface area contributed by atoms with Gasteiger partial charge in [0.05, 0.1) is 5.69 Å². The zero-order chi connectivity index (χ0) is 13.3. The van der Waals surface area contributed by atoms with Crippen molar-refractivity contribution in [3.05, 3.63) is 10.6 Å². The maximum absolute atomic E-state index is 13.2. The Morgan fingerprint density at radius 1 is 1.44 bits per heavy atom. The fraction of sp³-hybridized carbons (Fsp3) is 0.750. The summed E-state index contributed by atoms with van der Waals surface area (Å²) < 4.78 is 26.3. The molecule has 102 valence electrons. The number of anilines is 1. The smallest absolute Gasteiger partial charge is 0.250 e. The van der Waals surface area contributed by atoms with Crippen LogP contribution in [0.3, 0.4) is 0 Å². The van der Waals surface area contributed by atoms with E-state index in [2.05, 4.69) is 16.8 Å². The van der Waals surface area contributed by atoms with Crippen LogP contribution in [0.1, 0.15) is 42.8 Å². The van der Waals surface area contributed by atoms with E-state index < -0.39 is 5.92 Å². The third kappa shape index (κ3) is 2.80. The van der Waals surface area contributed by atoms with E-state index in [-0.39, 0.29) is 18.9 Å². The van der Waals surface area contributed by atoms with Crippen molar-refractivity contribution in [1.29, 1.82) is 0 Å². The Balaban J connectivity index is 2.13. The van der Waals surface area contributed by atoms with Gasteiger partial charge in [-0.25, -0.2) is 13.8 Å². The summed E-state index contributed by atoms with van der Waals surface area (Å²) in [5.74, 6) is -2.49. The summed E-state index contributed by atoms with van der Waals surface area (Å²) in [4.78, 5) is 7.49. The Bertz CT molecular complexity index is 409. The van der Waals surface area contributed by atoms with Gasteiger partial charge in [0.2, 0.25) is 0 Å². The molecule has 1 aromatic heterocycles. The molecule has 18 heavy (non-hydrogen) atoms. The molecule has 2 N–H and O–H groups in total. The molecule has 0 bridgehead atoms. The van der Waals surface area contributed by atoms with Gasteiger partial charge in [-0.3, -0.25) is 4.90 Å². The second-order valence-electron chi connectivity index (χ2n) is 4.82. The lowest BCUT2D eigenvalue weighted by atomic mass is 10.0. The van der Waals surface area contributed by atoms with Crippen LogP contribution in [-0.2, 0) is 0 Å². The van der Waals surface area contributed by atoms with Crippen LogP contribution >= 0.6 is 11.3 Å². The van der Waals surface area contributed by atoms with Gasteiger partial charge in [-0.05, 0) is 13.3 Å². The van der Waals surface area contributed by atoms with E-state index in [1.54, 1.807) is 0 Å². The van der Waals surface area contributed by atoms with Gasteiger partial charge < -0.3 is 5.73 Å². The molecular weight excluding hydrogens is 256 g/mol. The van der Waals surface area contributed by atoms with Gasteiger partial charge in [-0.2, -0.15) is 0 Å². The molecule has 1 atom stereocenters.